The summed E-state index contributed by atoms with van der Waals surface area (Å²) in [5.41, 5.74) is 5.31. The van der Waals surface area contributed by atoms with Crippen molar-refractivity contribution in [3.05, 3.63) is 23.8 Å². The Hall–Kier alpha value is -1.75. The second kappa shape index (κ2) is 4.40. The summed E-state index contributed by atoms with van der Waals surface area (Å²) < 4.78 is 0. The number of rotatable bonds is 3. The molecule has 5 N–H and O–H groups in total. The van der Waals surface area contributed by atoms with E-state index < -0.39 is 11.4 Å². The monoisotopic (exact) mass is 224 g/mol. The van der Waals surface area contributed by atoms with E-state index in [4.69, 9.17) is 10.8 Å². The summed E-state index contributed by atoms with van der Waals surface area (Å²) >= 11 is 0. The molecular weight excluding hydrogens is 208 g/mol. The molecule has 1 aromatic rings. The Morgan fingerprint density at radius 2 is 2.06 bits per heavy atom. The summed E-state index contributed by atoms with van der Waals surface area (Å²) in [5.74, 6) is -0.767. The third-order valence-corrected chi connectivity index (χ3v) is 1.93. The van der Waals surface area contributed by atoms with Crippen LogP contribution in [-0.2, 0) is 0 Å². The molecule has 0 spiro atoms. The van der Waals surface area contributed by atoms with Gasteiger partial charge in [0.15, 0.2) is 0 Å². The predicted molar refractivity (Wildman–Crippen MR) is 60.4 cm³/mol. The zero-order valence-electron chi connectivity index (χ0n) is 9.32. The van der Waals surface area contributed by atoms with E-state index in [1.165, 1.54) is 12.1 Å². The van der Waals surface area contributed by atoms with E-state index in [9.17, 15) is 9.90 Å². The Bertz CT molecular complexity index is 397. The van der Waals surface area contributed by atoms with Gasteiger partial charge in [-0.25, -0.2) is 0 Å². The quantitative estimate of drug-likeness (QED) is 0.603. The molecule has 5 heteroatoms. The number of nitrogens with one attached hydrogen (secondary N) is 1. The molecule has 0 fully saturated rings. The summed E-state index contributed by atoms with van der Waals surface area (Å²) in [6.07, 6.45) is 0. The number of nitrogens with two attached hydrogens (primary N) is 1. The lowest BCUT2D eigenvalue weighted by molar-refractivity contribution is 0.0943. The van der Waals surface area contributed by atoms with Crippen LogP contribution in [0.25, 0.3) is 0 Å². The van der Waals surface area contributed by atoms with Crippen LogP contribution in [-0.4, -0.2) is 28.2 Å². The van der Waals surface area contributed by atoms with Gasteiger partial charge in [-0.15, -0.1) is 0 Å². The second-order valence-corrected chi connectivity index (χ2v) is 4.37. The number of aromatic hydroxyl groups is 2. The molecule has 0 radical (unpaired) electrons. The molecule has 0 aliphatic carbocycles. The summed E-state index contributed by atoms with van der Waals surface area (Å²) in [6.45, 7) is 3.86. The van der Waals surface area contributed by atoms with Gasteiger partial charge >= 0.3 is 0 Å². The van der Waals surface area contributed by atoms with Gasteiger partial charge in [0, 0.05) is 18.2 Å². The fourth-order valence-electron chi connectivity index (χ4n) is 1.12. The van der Waals surface area contributed by atoms with Gasteiger partial charge in [-0.2, -0.15) is 0 Å². The van der Waals surface area contributed by atoms with Crippen LogP contribution >= 0.6 is 0 Å². The SMILES string of the molecule is CC(C)(N)CNC(=O)c1ccc(O)cc1O. The predicted octanol–water partition coefficient (Wildman–Crippen LogP) is 0.565. The minimum absolute atomic E-state index is 0.0896. The van der Waals surface area contributed by atoms with Crippen molar-refractivity contribution in [2.45, 2.75) is 19.4 Å². The van der Waals surface area contributed by atoms with Crippen molar-refractivity contribution >= 4 is 5.91 Å². The fraction of sp³-hybridized carbons (Fsp3) is 0.364. The van der Waals surface area contributed by atoms with Crippen LogP contribution in [0.15, 0.2) is 18.2 Å². The smallest absolute Gasteiger partial charge is 0.255 e. The molecule has 88 valence electrons. The molecule has 0 aliphatic rings. The van der Waals surface area contributed by atoms with Crippen LogP contribution in [0.4, 0.5) is 0 Å². The Morgan fingerprint density at radius 3 is 2.56 bits per heavy atom. The number of hydrogen-bond donors (Lipinski definition) is 4. The highest BCUT2D eigenvalue weighted by Gasteiger charge is 2.15. The number of phenolic OH excluding ortho intramolecular Hbond substituents is 2. The molecule has 1 rings (SSSR count). The third-order valence-electron chi connectivity index (χ3n) is 1.93. The average molecular weight is 224 g/mol. The highest BCUT2D eigenvalue weighted by atomic mass is 16.3. The van der Waals surface area contributed by atoms with Crippen molar-refractivity contribution < 1.29 is 15.0 Å². The van der Waals surface area contributed by atoms with Gasteiger partial charge in [0.1, 0.15) is 11.5 Å². The van der Waals surface area contributed by atoms with Crippen LogP contribution in [0.2, 0.25) is 0 Å². The maximum absolute atomic E-state index is 11.6. The zero-order chi connectivity index (χ0) is 12.3. The average Bonchev–Trinajstić information content (AvgIpc) is 2.13. The first-order valence-corrected chi connectivity index (χ1v) is 4.89. The Morgan fingerprint density at radius 1 is 1.44 bits per heavy atom. The number of amides is 1. The van der Waals surface area contributed by atoms with Gasteiger partial charge in [-0.1, -0.05) is 0 Å². The molecule has 5 nitrogen and oxygen atoms in total. The van der Waals surface area contributed by atoms with Gasteiger partial charge in [-0.3, -0.25) is 4.79 Å². The topological polar surface area (TPSA) is 95.6 Å². The third kappa shape index (κ3) is 3.43. The molecule has 16 heavy (non-hydrogen) atoms. The number of carbonyl (C=O) groups excluding carboxylic acids is 1. The van der Waals surface area contributed by atoms with E-state index in [2.05, 4.69) is 5.32 Å². The highest BCUT2D eigenvalue weighted by Crippen LogP contribution is 2.22. The lowest BCUT2D eigenvalue weighted by atomic mass is 10.1. The molecule has 0 aromatic heterocycles. The maximum Gasteiger partial charge on any atom is 0.255 e. The van der Waals surface area contributed by atoms with Crippen LogP contribution in [0.3, 0.4) is 0 Å². The number of phenols is 2. The molecule has 0 aliphatic heterocycles. The first-order valence-electron chi connectivity index (χ1n) is 4.89. The van der Waals surface area contributed by atoms with Gasteiger partial charge in [-0.05, 0) is 26.0 Å². The molecule has 1 amide bonds. The van der Waals surface area contributed by atoms with Crippen LogP contribution in [0.5, 0.6) is 11.5 Å². The van der Waals surface area contributed by atoms with E-state index in [0.29, 0.717) is 6.54 Å². The number of benzene rings is 1. The molecule has 0 heterocycles. The van der Waals surface area contributed by atoms with Crippen molar-refractivity contribution in [2.75, 3.05) is 6.54 Å². The van der Waals surface area contributed by atoms with E-state index in [1.54, 1.807) is 13.8 Å². The van der Waals surface area contributed by atoms with Crippen LogP contribution < -0.4 is 11.1 Å². The van der Waals surface area contributed by atoms with Crippen molar-refractivity contribution in [1.29, 1.82) is 0 Å². The summed E-state index contributed by atoms with van der Waals surface area (Å²) in [7, 11) is 0. The van der Waals surface area contributed by atoms with Crippen molar-refractivity contribution in [2.24, 2.45) is 5.73 Å². The Labute approximate surface area is 93.9 Å². The van der Waals surface area contributed by atoms with Gasteiger partial charge in [0.05, 0.1) is 5.56 Å². The lowest BCUT2D eigenvalue weighted by Gasteiger charge is -2.19. The van der Waals surface area contributed by atoms with Crippen LogP contribution in [0.1, 0.15) is 24.2 Å². The van der Waals surface area contributed by atoms with E-state index in [1.807, 2.05) is 0 Å². The van der Waals surface area contributed by atoms with Crippen LogP contribution in [0, 0.1) is 0 Å². The largest absolute Gasteiger partial charge is 0.508 e. The maximum atomic E-state index is 11.6. The summed E-state index contributed by atoms with van der Waals surface area (Å²) in [6, 6.07) is 3.80. The van der Waals surface area contributed by atoms with Crippen molar-refractivity contribution in [3.63, 3.8) is 0 Å². The van der Waals surface area contributed by atoms with Gasteiger partial charge in [0.25, 0.3) is 5.91 Å². The van der Waals surface area contributed by atoms with E-state index in [0.717, 1.165) is 6.07 Å². The molecule has 0 bridgehead atoms. The normalized spacial score (nSPS) is 11.2. The first kappa shape index (κ1) is 12.3. The lowest BCUT2D eigenvalue weighted by Crippen LogP contribution is -2.45. The Balaban J connectivity index is 2.74. The van der Waals surface area contributed by atoms with Gasteiger partial charge < -0.3 is 21.3 Å². The molecule has 0 saturated heterocycles. The highest BCUT2D eigenvalue weighted by molar-refractivity contribution is 5.97. The van der Waals surface area contributed by atoms with Crippen molar-refractivity contribution in [1.82, 2.24) is 5.32 Å². The Kier molecular flexibility index (Phi) is 3.39. The molecule has 1 aromatic carbocycles. The molecule has 0 unspecified atom stereocenters. The summed E-state index contributed by atoms with van der Waals surface area (Å²) in [5, 5.41) is 21.1. The van der Waals surface area contributed by atoms with E-state index >= 15 is 0 Å². The standard InChI is InChI=1S/C11H16N2O3/c1-11(2,12)6-13-10(16)8-4-3-7(14)5-9(8)15/h3-5,14-15H,6,12H2,1-2H3,(H,13,16). The molecule has 0 atom stereocenters. The molecule has 0 saturated carbocycles. The minimum atomic E-state index is -0.512. The minimum Gasteiger partial charge on any atom is -0.508 e. The first-order chi connectivity index (χ1) is 7.29. The second-order valence-electron chi connectivity index (χ2n) is 4.37. The number of carbonyl (C=O) groups is 1. The fourth-order valence-corrected chi connectivity index (χ4v) is 1.12. The number of hydrogen-bond acceptors (Lipinski definition) is 4. The van der Waals surface area contributed by atoms with Crippen molar-refractivity contribution in [3.8, 4) is 11.5 Å². The van der Waals surface area contributed by atoms with Gasteiger partial charge in [0.2, 0.25) is 0 Å². The zero-order valence-corrected chi connectivity index (χ0v) is 9.32. The molecular formula is C11H16N2O3. The van der Waals surface area contributed by atoms with E-state index in [-0.39, 0.29) is 17.1 Å². The summed E-state index contributed by atoms with van der Waals surface area (Å²) in [4.78, 5) is 11.6.